The highest BCUT2D eigenvalue weighted by molar-refractivity contribution is 9.10. The number of sulfonamides is 1. The van der Waals surface area contributed by atoms with Crippen LogP contribution in [-0.2, 0) is 10.0 Å². The lowest BCUT2D eigenvalue weighted by atomic mass is 10.0. The molecule has 2 unspecified atom stereocenters. The predicted octanol–water partition coefficient (Wildman–Crippen LogP) is 1.85. The Hall–Kier alpha value is -0.660. The minimum Gasteiger partial charge on any atom is -0.383 e. The number of nitrogens with two attached hydrogens (primary N) is 1. The zero-order valence-electron chi connectivity index (χ0n) is 10.4. The molecule has 2 heterocycles. The van der Waals surface area contributed by atoms with Gasteiger partial charge in [-0.1, -0.05) is 6.42 Å². The average Bonchev–Trinajstić information content (AvgIpc) is 2.92. The predicted molar refractivity (Wildman–Crippen MR) is 75.9 cm³/mol. The molecular formula is C12H16BrN3O2S. The first-order valence-corrected chi connectivity index (χ1v) is 8.63. The van der Waals surface area contributed by atoms with E-state index in [1.165, 1.54) is 18.7 Å². The molecule has 1 aromatic heterocycles. The van der Waals surface area contributed by atoms with Gasteiger partial charge in [-0.05, 0) is 46.7 Å². The van der Waals surface area contributed by atoms with E-state index in [4.69, 9.17) is 5.73 Å². The quantitative estimate of drug-likeness (QED) is 0.887. The second kappa shape index (κ2) is 4.71. The van der Waals surface area contributed by atoms with Crippen molar-refractivity contribution in [2.45, 2.75) is 24.2 Å². The number of fused-ring (bicyclic) bond motifs is 1. The van der Waals surface area contributed by atoms with Crippen LogP contribution in [0.25, 0.3) is 0 Å². The zero-order valence-corrected chi connectivity index (χ0v) is 12.8. The van der Waals surface area contributed by atoms with Crippen LogP contribution in [0, 0.1) is 11.8 Å². The number of anilines is 1. The molecule has 2 N–H and O–H groups in total. The van der Waals surface area contributed by atoms with Crippen molar-refractivity contribution in [3.63, 3.8) is 0 Å². The fourth-order valence-corrected chi connectivity index (χ4v) is 5.29. The summed E-state index contributed by atoms with van der Waals surface area (Å²) in [6.45, 7) is 1.25. The average molecular weight is 346 g/mol. The molecule has 1 saturated carbocycles. The summed E-state index contributed by atoms with van der Waals surface area (Å²) in [5.41, 5.74) is 5.72. The molecular weight excluding hydrogens is 330 g/mol. The molecule has 0 bridgehead atoms. The van der Waals surface area contributed by atoms with Gasteiger partial charge in [0.15, 0.2) is 0 Å². The number of hydrogen-bond acceptors (Lipinski definition) is 4. The number of hydrogen-bond donors (Lipinski definition) is 1. The van der Waals surface area contributed by atoms with Crippen molar-refractivity contribution in [2.24, 2.45) is 11.8 Å². The lowest BCUT2D eigenvalue weighted by molar-refractivity contribution is 0.445. The van der Waals surface area contributed by atoms with Gasteiger partial charge in [-0.25, -0.2) is 13.4 Å². The van der Waals surface area contributed by atoms with Gasteiger partial charge in [-0.2, -0.15) is 4.31 Å². The van der Waals surface area contributed by atoms with E-state index in [0.717, 1.165) is 12.8 Å². The van der Waals surface area contributed by atoms with E-state index in [2.05, 4.69) is 20.9 Å². The zero-order chi connectivity index (χ0) is 13.6. The molecule has 2 fully saturated rings. The lowest BCUT2D eigenvalue weighted by Crippen LogP contribution is -2.30. The van der Waals surface area contributed by atoms with Crippen LogP contribution >= 0.6 is 15.9 Å². The van der Waals surface area contributed by atoms with Crippen LogP contribution in [0.2, 0.25) is 0 Å². The van der Waals surface area contributed by atoms with Gasteiger partial charge < -0.3 is 5.73 Å². The van der Waals surface area contributed by atoms with Crippen molar-refractivity contribution in [1.82, 2.24) is 9.29 Å². The largest absolute Gasteiger partial charge is 0.383 e. The Morgan fingerprint density at radius 2 is 1.95 bits per heavy atom. The third-order valence-corrected chi connectivity index (χ3v) is 6.45. The Kier molecular flexibility index (Phi) is 3.31. The molecule has 0 amide bonds. The van der Waals surface area contributed by atoms with Crippen LogP contribution in [0.1, 0.15) is 19.3 Å². The Morgan fingerprint density at radius 3 is 2.58 bits per heavy atom. The molecule has 1 aromatic rings. The molecule has 3 rings (SSSR count). The molecule has 0 spiro atoms. The van der Waals surface area contributed by atoms with Crippen molar-refractivity contribution >= 4 is 31.8 Å². The van der Waals surface area contributed by atoms with Gasteiger partial charge in [0.2, 0.25) is 10.0 Å². The summed E-state index contributed by atoms with van der Waals surface area (Å²) in [7, 11) is -3.52. The maximum Gasteiger partial charge on any atom is 0.246 e. The highest BCUT2D eigenvalue weighted by Crippen LogP contribution is 2.40. The summed E-state index contributed by atoms with van der Waals surface area (Å²) >= 11 is 3.24. The van der Waals surface area contributed by atoms with Crippen molar-refractivity contribution in [2.75, 3.05) is 18.8 Å². The summed E-state index contributed by atoms with van der Waals surface area (Å²) in [4.78, 5) is 4.03. The van der Waals surface area contributed by atoms with Crippen LogP contribution in [0.4, 0.5) is 5.82 Å². The Morgan fingerprint density at radius 1 is 1.32 bits per heavy atom. The molecule has 104 valence electrons. The third kappa shape index (κ3) is 2.28. The van der Waals surface area contributed by atoms with Crippen LogP contribution in [0.3, 0.4) is 0 Å². The van der Waals surface area contributed by atoms with E-state index in [1.807, 2.05) is 0 Å². The fraction of sp³-hybridized carbons (Fsp3) is 0.583. The van der Waals surface area contributed by atoms with Gasteiger partial charge in [-0.3, -0.25) is 0 Å². The second-order valence-electron chi connectivity index (χ2n) is 5.31. The van der Waals surface area contributed by atoms with E-state index in [0.29, 0.717) is 29.4 Å². The topological polar surface area (TPSA) is 76.3 Å². The number of pyridine rings is 1. The van der Waals surface area contributed by atoms with Crippen LogP contribution in [0.15, 0.2) is 21.6 Å². The van der Waals surface area contributed by atoms with E-state index in [1.54, 1.807) is 4.31 Å². The molecule has 1 saturated heterocycles. The molecule has 19 heavy (non-hydrogen) atoms. The highest BCUT2D eigenvalue weighted by atomic mass is 79.9. The third-order valence-electron chi connectivity index (χ3n) is 4.16. The Balaban J connectivity index is 1.93. The van der Waals surface area contributed by atoms with Crippen LogP contribution < -0.4 is 5.73 Å². The summed E-state index contributed by atoms with van der Waals surface area (Å²) in [5.74, 6) is 1.12. The van der Waals surface area contributed by atoms with Gasteiger partial charge in [0, 0.05) is 23.8 Å². The summed E-state index contributed by atoms with van der Waals surface area (Å²) < 4.78 is 27.4. The van der Waals surface area contributed by atoms with E-state index in [-0.39, 0.29) is 10.7 Å². The SMILES string of the molecule is Nc1ncc(Br)cc1S(=O)(=O)N1CC2CCCC2C1. The van der Waals surface area contributed by atoms with Gasteiger partial charge in [0.1, 0.15) is 10.7 Å². The normalized spacial score (nSPS) is 27.6. The van der Waals surface area contributed by atoms with E-state index >= 15 is 0 Å². The molecule has 1 aliphatic heterocycles. The van der Waals surface area contributed by atoms with Crippen LogP contribution in [0.5, 0.6) is 0 Å². The number of nitrogen functional groups attached to an aromatic ring is 1. The van der Waals surface area contributed by atoms with Crippen molar-refractivity contribution < 1.29 is 8.42 Å². The number of aromatic nitrogens is 1. The minimum absolute atomic E-state index is 0.0697. The van der Waals surface area contributed by atoms with E-state index in [9.17, 15) is 8.42 Å². The van der Waals surface area contributed by atoms with Crippen molar-refractivity contribution in [3.8, 4) is 0 Å². The summed E-state index contributed by atoms with van der Waals surface area (Å²) in [5, 5.41) is 0. The molecule has 1 aliphatic carbocycles. The standard InChI is InChI=1S/C12H16BrN3O2S/c13-10-4-11(12(14)15-5-10)19(17,18)16-6-8-2-1-3-9(8)7-16/h4-5,8-9H,1-3,6-7H2,(H2,14,15). The molecule has 0 radical (unpaired) electrons. The first-order chi connectivity index (χ1) is 8.98. The number of nitrogens with zero attached hydrogens (tertiary/aromatic N) is 2. The molecule has 5 nitrogen and oxygen atoms in total. The highest BCUT2D eigenvalue weighted by Gasteiger charge is 2.42. The summed E-state index contributed by atoms with van der Waals surface area (Å²) in [6.07, 6.45) is 5.02. The van der Waals surface area contributed by atoms with E-state index < -0.39 is 10.0 Å². The Bertz CT molecular complexity index is 593. The fourth-order valence-electron chi connectivity index (χ4n) is 3.17. The smallest absolute Gasteiger partial charge is 0.246 e. The maximum atomic E-state index is 12.6. The van der Waals surface area contributed by atoms with Gasteiger partial charge in [0.25, 0.3) is 0 Å². The van der Waals surface area contributed by atoms with Crippen molar-refractivity contribution in [1.29, 1.82) is 0 Å². The van der Waals surface area contributed by atoms with Crippen LogP contribution in [-0.4, -0.2) is 30.8 Å². The molecule has 0 aromatic carbocycles. The minimum atomic E-state index is -3.52. The lowest BCUT2D eigenvalue weighted by Gasteiger charge is -2.18. The van der Waals surface area contributed by atoms with Gasteiger partial charge in [-0.15, -0.1) is 0 Å². The Labute approximate surface area is 121 Å². The monoisotopic (exact) mass is 345 g/mol. The van der Waals surface area contributed by atoms with Crippen molar-refractivity contribution in [3.05, 3.63) is 16.7 Å². The second-order valence-corrected chi connectivity index (χ2v) is 8.13. The number of halogens is 1. The van der Waals surface area contributed by atoms with Gasteiger partial charge in [0.05, 0.1) is 0 Å². The first kappa shape index (κ1) is 13.3. The maximum absolute atomic E-state index is 12.6. The number of rotatable bonds is 2. The molecule has 2 atom stereocenters. The van der Waals surface area contributed by atoms with Gasteiger partial charge >= 0.3 is 0 Å². The molecule has 7 heteroatoms. The first-order valence-electron chi connectivity index (χ1n) is 6.39. The summed E-state index contributed by atoms with van der Waals surface area (Å²) in [6, 6.07) is 1.53. The molecule has 2 aliphatic rings.